The molecule has 4 heteroatoms. The van der Waals surface area contributed by atoms with Crippen molar-refractivity contribution in [2.24, 2.45) is 11.7 Å². The normalized spacial score (nSPS) is 26.0. The molecule has 0 bridgehead atoms. The minimum atomic E-state index is 0.0745. The van der Waals surface area contributed by atoms with Crippen LogP contribution in [0.3, 0.4) is 0 Å². The molecule has 18 heavy (non-hydrogen) atoms. The third-order valence-corrected chi connectivity index (χ3v) is 3.76. The number of hydrogen-bond acceptors (Lipinski definition) is 4. The molecule has 4 atom stereocenters. The molecule has 0 aromatic carbocycles. The molecule has 4 nitrogen and oxygen atoms in total. The monoisotopic (exact) mass is 252 g/mol. The highest BCUT2D eigenvalue weighted by Crippen LogP contribution is 2.47. The lowest BCUT2D eigenvalue weighted by atomic mass is 10.2. The van der Waals surface area contributed by atoms with E-state index in [2.05, 4.69) is 18.3 Å². The standard InChI is InChI=1S/C14H24N2O2/c1-9-6-11(9)13-4-5-14(18-13)12(7-15)16-8-10(2)17-3/h4-5,9-12,16H,6-8,15H2,1-3H3. The second-order valence-electron chi connectivity index (χ2n) is 5.30. The van der Waals surface area contributed by atoms with Crippen molar-refractivity contribution >= 4 is 0 Å². The zero-order valence-electron chi connectivity index (χ0n) is 11.5. The first-order valence-corrected chi connectivity index (χ1v) is 6.71. The molecule has 1 aromatic heterocycles. The molecular formula is C14H24N2O2. The molecule has 0 amide bonds. The molecule has 4 unspecified atom stereocenters. The molecule has 0 aliphatic heterocycles. The average Bonchev–Trinajstić information content (AvgIpc) is 2.92. The summed E-state index contributed by atoms with van der Waals surface area (Å²) in [4.78, 5) is 0. The van der Waals surface area contributed by atoms with Crippen LogP contribution >= 0.6 is 0 Å². The molecule has 1 fully saturated rings. The van der Waals surface area contributed by atoms with Crippen LogP contribution in [-0.2, 0) is 4.74 Å². The van der Waals surface area contributed by atoms with Gasteiger partial charge in [-0.25, -0.2) is 0 Å². The first kappa shape index (κ1) is 13.6. The molecule has 0 saturated heterocycles. The fraction of sp³-hybridized carbons (Fsp3) is 0.714. The van der Waals surface area contributed by atoms with Crippen molar-refractivity contribution in [3.05, 3.63) is 23.7 Å². The lowest BCUT2D eigenvalue weighted by Crippen LogP contribution is -2.33. The van der Waals surface area contributed by atoms with E-state index in [9.17, 15) is 0 Å². The number of rotatable bonds is 7. The zero-order valence-corrected chi connectivity index (χ0v) is 11.5. The van der Waals surface area contributed by atoms with Crippen molar-refractivity contribution in [3.8, 4) is 0 Å². The number of nitrogens with one attached hydrogen (secondary N) is 1. The third kappa shape index (κ3) is 3.13. The van der Waals surface area contributed by atoms with Crippen LogP contribution in [0.2, 0.25) is 0 Å². The first-order valence-electron chi connectivity index (χ1n) is 6.71. The Morgan fingerprint density at radius 1 is 1.56 bits per heavy atom. The summed E-state index contributed by atoms with van der Waals surface area (Å²) in [6.07, 6.45) is 1.42. The minimum Gasteiger partial charge on any atom is -0.464 e. The number of nitrogens with two attached hydrogens (primary N) is 1. The Morgan fingerprint density at radius 2 is 2.28 bits per heavy atom. The van der Waals surface area contributed by atoms with E-state index >= 15 is 0 Å². The van der Waals surface area contributed by atoms with Gasteiger partial charge in [0.15, 0.2) is 0 Å². The third-order valence-electron chi connectivity index (χ3n) is 3.76. The SMILES string of the molecule is COC(C)CNC(CN)c1ccc(C2CC2C)o1. The van der Waals surface area contributed by atoms with Gasteiger partial charge in [-0.2, -0.15) is 0 Å². The summed E-state index contributed by atoms with van der Waals surface area (Å²) >= 11 is 0. The lowest BCUT2D eigenvalue weighted by Gasteiger charge is -2.17. The maximum absolute atomic E-state index is 5.91. The lowest BCUT2D eigenvalue weighted by molar-refractivity contribution is 0.113. The summed E-state index contributed by atoms with van der Waals surface area (Å²) in [5, 5.41) is 3.38. The van der Waals surface area contributed by atoms with E-state index in [1.165, 1.54) is 6.42 Å². The van der Waals surface area contributed by atoms with Gasteiger partial charge in [-0.3, -0.25) is 0 Å². The average molecular weight is 252 g/mol. The molecule has 0 radical (unpaired) electrons. The van der Waals surface area contributed by atoms with Gasteiger partial charge >= 0.3 is 0 Å². The first-order chi connectivity index (χ1) is 8.65. The molecule has 2 rings (SSSR count). The van der Waals surface area contributed by atoms with Crippen molar-refractivity contribution in [1.29, 1.82) is 0 Å². The summed E-state index contributed by atoms with van der Waals surface area (Å²) in [5.74, 6) is 3.43. The van der Waals surface area contributed by atoms with E-state index in [4.69, 9.17) is 14.9 Å². The van der Waals surface area contributed by atoms with E-state index in [1.807, 2.05) is 13.0 Å². The van der Waals surface area contributed by atoms with Crippen LogP contribution in [0.15, 0.2) is 16.5 Å². The van der Waals surface area contributed by atoms with Crippen LogP contribution in [-0.4, -0.2) is 26.3 Å². The molecule has 3 N–H and O–H groups in total. The quantitative estimate of drug-likeness (QED) is 0.779. The van der Waals surface area contributed by atoms with Crippen LogP contribution in [0, 0.1) is 5.92 Å². The second-order valence-corrected chi connectivity index (χ2v) is 5.30. The maximum atomic E-state index is 5.91. The van der Waals surface area contributed by atoms with Crippen LogP contribution in [0.25, 0.3) is 0 Å². The van der Waals surface area contributed by atoms with E-state index in [0.717, 1.165) is 24.0 Å². The highest BCUT2D eigenvalue weighted by molar-refractivity contribution is 5.19. The number of ether oxygens (including phenoxy) is 1. The molecule has 1 aromatic rings. The van der Waals surface area contributed by atoms with Gasteiger partial charge in [-0.1, -0.05) is 6.92 Å². The second kappa shape index (κ2) is 5.87. The van der Waals surface area contributed by atoms with Gasteiger partial charge in [0, 0.05) is 26.1 Å². The molecule has 1 saturated carbocycles. The molecule has 0 spiro atoms. The van der Waals surface area contributed by atoms with Gasteiger partial charge in [0.2, 0.25) is 0 Å². The largest absolute Gasteiger partial charge is 0.464 e. The van der Waals surface area contributed by atoms with Crippen molar-refractivity contribution < 1.29 is 9.15 Å². The fourth-order valence-electron chi connectivity index (χ4n) is 2.17. The van der Waals surface area contributed by atoms with E-state index in [-0.39, 0.29) is 12.1 Å². The van der Waals surface area contributed by atoms with Crippen LogP contribution < -0.4 is 11.1 Å². The van der Waals surface area contributed by atoms with Crippen molar-refractivity contribution in [1.82, 2.24) is 5.32 Å². The van der Waals surface area contributed by atoms with Crippen molar-refractivity contribution in [2.45, 2.75) is 38.3 Å². The minimum absolute atomic E-state index is 0.0745. The Morgan fingerprint density at radius 3 is 2.83 bits per heavy atom. The van der Waals surface area contributed by atoms with Crippen LogP contribution in [0.4, 0.5) is 0 Å². The maximum Gasteiger partial charge on any atom is 0.122 e. The van der Waals surface area contributed by atoms with Crippen molar-refractivity contribution in [3.63, 3.8) is 0 Å². The Bertz CT molecular complexity index is 378. The predicted molar refractivity (Wildman–Crippen MR) is 71.5 cm³/mol. The zero-order chi connectivity index (χ0) is 13.1. The molecule has 102 valence electrons. The summed E-state index contributed by atoms with van der Waals surface area (Å²) in [6, 6.07) is 4.21. The summed E-state index contributed by atoms with van der Waals surface area (Å²) in [6.45, 7) is 5.59. The van der Waals surface area contributed by atoms with Gasteiger partial charge in [0.05, 0.1) is 12.1 Å². The summed E-state index contributed by atoms with van der Waals surface area (Å²) < 4.78 is 11.1. The topological polar surface area (TPSA) is 60.4 Å². The highest BCUT2D eigenvalue weighted by Gasteiger charge is 2.36. The molecule has 1 aliphatic carbocycles. The van der Waals surface area contributed by atoms with Gasteiger partial charge in [0.25, 0.3) is 0 Å². The van der Waals surface area contributed by atoms with E-state index in [1.54, 1.807) is 7.11 Å². The smallest absolute Gasteiger partial charge is 0.122 e. The van der Waals surface area contributed by atoms with Gasteiger partial charge in [0.1, 0.15) is 11.5 Å². The Kier molecular flexibility index (Phi) is 4.43. The summed E-state index contributed by atoms with van der Waals surface area (Å²) in [7, 11) is 1.71. The van der Waals surface area contributed by atoms with Crippen molar-refractivity contribution in [2.75, 3.05) is 20.2 Å². The molecular weight excluding hydrogens is 228 g/mol. The van der Waals surface area contributed by atoms with E-state index < -0.39 is 0 Å². The molecule has 1 aliphatic rings. The Hall–Kier alpha value is -0.840. The van der Waals surface area contributed by atoms with Gasteiger partial charge in [-0.15, -0.1) is 0 Å². The van der Waals surface area contributed by atoms with E-state index in [0.29, 0.717) is 12.5 Å². The number of hydrogen-bond donors (Lipinski definition) is 2. The van der Waals surface area contributed by atoms with Crippen LogP contribution in [0.5, 0.6) is 0 Å². The predicted octanol–water partition coefficient (Wildman–Crippen LogP) is 2.03. The Labute approximate surface area is 109 Å². The summed E-state index contributed by atoms with van der Waals surface area (Å²) in [5.41, 5.74) is 5.80. The van der Waals surface area contributed by atoms with Gasteiger partial charge in [-0.05, 0) is 31.4 Å². The number of furan rings is 1. The Balaban J connectivity index is 1.92. The van der Waals surface area contributed by atoms with Gasteiger partial charge < -0.3 is 20.2 Å². The fourth-order valence-corrected chi connectivity index (χ4v) is 2.17. The molecule has 1 heterocycles. The number of methoxy groups -OCH3 is 1. The highest BCUT2D eigenvalue weighted by atomic mass is 16.5. The van der Waals surface area contributed by atoms with Crippen LogP contribution in [0.1, 0.15) is 43.7 Å².